The number of amides is 2. The Morgan fingerprint density at radius 3 is 2.57 bits per heavy atom. The molecule has 30 heavy (non-hydrogen) atoms. The van der Waals surface area contributed by atoms with Crippen LogP contribution in [0.1, 0.15) is 30.1 Å². The van der Waals surface area contributed by atoms with Crippen LogP contribution in [0.25, 0.3) is 0 Å². The lowest BCUT2D eigenvalue weighted by Gasteiger charge is -2.15. The van der Waals surface area contributed by atoms with Crippen molar-refractivity contribution in [2.24, 2.45) is 5.92 Å². The summed E-state index contributed by atoms with van der Waals surface area (Å²) in [4.78, 5) is 24.4. The molecule has 3 rings (SSSR count). The summed E-state index contributed by atoms with van der Waals surface area (Å²) in [5.74, 6) is 0.426. The van der Waals surface area contributed by atoms with Crippen molar-refractivity contribution in [2.75, 3.05) is 24.4 Å². The number of carbonyl (C=O) groups is 2. The number of esters is 1. The van der Waals surface area contributed by atoms with Crippen LogP contribution in [0.3, 0.4) is 0 Å². The second-order valence-corrected chi connectivity index (χ2v) is 7.10. The minimum Gasteiger partial charge on any atom is -0.492 e. The highest BCUT2D eigenvalue weighted by molar-refractivity contribution is 6.01. The third kappa shape index (κ3) is 5.98. The molecule has 0 fully saturated rings. The summed E-state index contributed by atoms with van der Waals surface area (Å²) in [7, 11) is 1.31. The molecule has 156 valence electrons. The third-order valence-corrected chi connectivity index (χ3v) is 4.66. The van der Waals surface area contributed by atoms with Crippen LogP contribution >= 0.6 is 0 Å². The zero-order valence-electron chi connectivity index (χ0n) is 17.2. The minimum atomic E-state index is -0.525. The second-order valence-electron chi connectivity index (χ2n) is 7.10. The van der Waals surface area contributed by atoms with E-state index in [9.17, 15) is 9.59 Å². The molecule has 1 atom stereocenters. The normalized spacial score (nSPS) is 15.1. The Kier molecular flexibility index (Phi) is 7.27. The van der Waals surface area contributed by atoms with Gasteiger partial charge >= 0.3 is 12.0 Å². The summed E-state index contributed by atoms with van der Waals surface area (Å²) < 4.78 is 10.7. The average molecular weight is 406 g/mol. The van der Waals surface area contributed by atoms with Gasteiger partial charge < -0.3 is 20.1 Å². The van der Waals surface area contributed by atoms with Crippen molar-refractivity contribution in [1.82, 2.24) is 0 Å². The number of benzene rings is 2. The standard InChI is InChI=1S/C24H26N2O4/c1-17-7-6-8-18(15-17)13-14-30-22-12-11-20(16-21(22)23(27)29-2)26-24(28)25-19-9-4-3-5-10-19/h3-6,8-12,15-17H,7,13-14H2,1-2H3,(H2,25,26,28). The zero-order chi connectivity index (χ0) is 21.3. The number of hydrogen-bond acceptors (Lipinski definition) is 4. The number of anilines is 2. The van der Waals surface area contributed by atoms with Gasteiger partial charge in [-0.25, -0.2) is 9.59 Å². The quantitative estimate of drug-likeness (QED) is 0.603. The largest absolute Gasteiger partial charge is 0.492 e. The molecule has 0 radical (unpaired) electrons. The van der Waals surface area contributed by atoms with Crippen molar-refractivity contribution in [2.45, 2.75) is 19.8 Å². The van der Waals surface area contributed by atoms with E-state index in [1.807, 2.05) is 18.2 Å². The van der Waals surface area contributed by atoms with Crippen molar-refractivity contribution in [3.8, 4) is 5.75 Å². The van der Waals surface area contributed by atoms with Gasteiger partial charge in [0.05, 0.1) is 13.7 Å². The van der Waals surface area contributed by atoms with Crippen LogP contribution in [0.5, 0.6) is 5.75 Å². The Labute approximate surface area is 176 Å². The van der Waals surface area contributed by atoms with E-state index in [1.54, 1.807) is 30.3 Å². The topological polar surface area (TPSA) is 76.7 Å². The maximum absolute atomic E-state index is 12.2. The Bertz CT molecular complexity index is 951. The van der Waals surface area contributed by atoms with Crippen molar-refractivity contribution >= 4 is 23.4 Å². The van der Waals surface area contributed by atoms with E-state index >= 15 is 0 Å². The lowest BCUT2D eigenvalue weighted by molar-refractivity contribution is 0.0596. The van der Waals surface area contributed by atoms with Gasteiger partial charge in [0.1, 0.15) is 11.3 Å². The highest BCUT2D eigenvalue weighted by Gasteiger charge is 2.15. The first-order valence-electron chi connectivity index (χ1n) is 9.90. The molecule has 2 amide bonds. The first-order valence-corrected chi connectivity index (χ1v) is 9.90. The van der Waals surface area contributed by atoms with Crippen LogP contribution in [-0.4, -0.2) is 25.7 Å². The molecule has 0 saturated carbocycles. The smallest absolute Gasteiger partial charge is 0.341 e. The van der Waals surface area contributed by atoms with Gasteiger partial charge in [-0.3, -0.25) is 0 Å². The van der Waals surface area contributed by atoms with E-state index in [0.29, 0.717) is 29.6 Å². The molecule has 0 aliphatic heterocycles. The molecule has 0 heterocycles. The summed E-state index contributed by atoms with van der Waals surface area (Å²) >= 11 is 0. The molecule has 0 saturated heterocycles. The van der Waals surface area contributed by atoms with Crippen LogP contribution in [0.15, 0.2) is 72.3 Å². The molecule has 0 aromatic heterocycles. The molecular weight excluding hydrogens is 380 g/mol. The SMILES string of the molecule is COC(=O)c1cc(NC(=O)Nc2ccccc2)ccc1OCCC1=CC(C)CC=C1. The lowest BCUT2D eigenvalue weighted by Crippen LogP contribution is -2.19. The molecule has 2 aromatic rings. The number of hydrogen-bond donors (Lipinski definition) is 2. The molecule has 0 spiro atoms. The number of methoxy groups -OCH3 is 1. The summed E-state index contributed by atoms with van der Waals surface area (Å²) in [6, 6.07) is 13.6. The summed E-state index contributed by atoms with van der Waals surface area (Å²) in [5, 5.41) is 5.45. The Hall–Kier alpha value is -3.54. The van der Waals surface area contributed by atoms with Gasteiger partial charge in [-0.05, 0) is 48.2 Å². The summed E-state index contributed by atoms with van der Waals surface area (Å²) in [6.45, 7) is 2.62. The highest BCUT2D eigenvalue weighted by atomic mass is 16.5. The van der Waals surface area contributed by atoms with E-state index in [0.717, 1.165) is 12.8 Å². The first-order chi connectivity index (χ1) is 14.5. The average Bonchev–Trinajstić information content (AvgIpc) is 2.74. The third-order valence-electron chi connectivity index (χ3n) is 4.66. The number of nitrogens with one attached hydrogen (secondary N) is 2. The second kappa shape index (κ2) is 10.3. The summed E-state index contributed by atoms with van der Waals surface area (Å²) in [6.07, 6.45) is 8.33. The van der Waals surface area contributed by atoms with Gasteiger partial charge in [-0.15, -0.1) is 0 Å². The van der Waals surface area contributed by atoms with Crippen LogP contribution in [-0.2, 0) is 4.74 Å². The fourth-order valence-electron chi connectivity index (χ4n) is 3.19. The van der Waals surface area contributed by atoms with Crippen LogP contribution < -0.4 is 15.4 Å². The molecule has 6 nitrogen and oxygen atoms in total. The van der Waals surface area contributed by atoms with Crippen LogP contribution in [0, 0.1) is 5.92 Å². The molecule has 1 unspecified atom stereocenters. The van der Waals surface area contributed by atoms with Crippen LogP contribution in [0.4, 0.5) is 16.2 Å². The Morgan fingerprint density at radius 2 is 1.83 bits per heavy atom. The molecule has 6 heteroatoms. The van der Waals surface area contributed by atoms with E-state index < -0.39 is 12.0 Å². The predicted molar refractivity (Wildman–Crippen MR) is 118 cm³/mol. The number of carbonyl (C=O) groups excluding carboxylic acids is 2. The van der Waals surface area contributed by atoms with E-state index in [1.165, 1.54) is 12.7 Å². The van der Waals surface area contributed by atoms with Gasteiger partial charge in [0, 0.05) is 17.8 Å². The first kappa shape index (κ1) is 21.2. The van der Waals surface area contributed by atoms with Crippen molar-refractivity contribution in [3.05, 3.63) is 77.9 Å². The Morgan fingerprint density at radius 1 is 1.07 bits per heavy atom. The minimum absolute atomic E-state index is 0.261. The molecule has 2 N–H and O–H groups in total. The maximum atomic E-state index is 12.2. The van der Waals surface area contributed by atoms with Gasteiger partial charge in [0.15, 0.2) is 0 Å². The van der Waals surface area contributed by atoms with Gasteiger partial charge in [0.25, 0.3) is 0 Å². The fraction of sp³-hybridized carbons (Fsp3) is 0.250. The van der Waals surface area contributed by atoms with Crippen molar-refractivity contribution < 1.29 is 19.1 Å². The van der Waals surface area contributed by atoms with Crippen molar-refractivity contribution in [1.29, 1.82) is 0 Å². The van der Waals surface area contributed by atoms with Gasteiger partial charge in [-0.1, -0.05) is 43.4 Å². The van der Waals surface area contributed by atoms with E-state index in [2.05, 4.69) is 35.8 Å². The van der Waals surface area contributed by atoms with Crippen LogP contribution in [0.2, 0.25) is 0 Å². The van der Waals surface area contributed by atoms with Gasteiger partial charge in [0.2, 0.25) is 0 Å². The number of ether oxygens (including phenoxy) is 2. The molecule has 0 bridgehead atoms. The monoisotopic (exact) mass is 406 g/mol. The molecule has 1 aliphatic rings. The van der Waals surface area contributed by atoms with Gasteiger partial charge in [-0.2, -0.15) is 0 Å². The lowest BCUT2D eigenvalue weighted by atomic mass is 9.96. The zero-order valence-corrected chi connectivity index (χ0v) is 17.2. The maximum Gasteiger partial charge on any atom is 0.341 e. The summed E-state index contributed by atoms with van der Waals surface area (Å²) in [5.41, 5.74) is 2.62. The number of urea groups is 1. The van der Waals surface area contributed by atoms with Crippen molar-refractivity contribution in [3.63, 3.8) is 0 Å². The predicted octanol–water partition coefficient (Wildman–Crippen LogP) is 5.41. The highest BCUT2D eigenvalue weighted by Crippen LogP contribution is 2.25. The number of para-hydroxylation sites is 1. The Balaban J connectivity index is 1.65. The molecular formula is C24H26N2O4. The van der Waals surface area contributed by atoms with E-state index in [-0.39, 0.29) is 5.56 Å². The number of allylic oxidation sites excluding steroid dienone is 3. The molecule has 2 aromatic carbocycles. The van der Waals surface area contributed by atoms with E-state index in [4.69, 9.17) is 9.47 Å². The fourth-order valence-corrected chi connectivity index (χ4v) is 3.19. The molecule has 1 aliphatic carbocycles. The number of rotatable bonds is 7.